The predicted octanol–water partition coefficient (Wildman–Crippen LogP) is 4.20. The van der Waals surface area contributed by atoms with Crippen molar-refractivity contribution in [1.29, 1.82) is 0 Å². The summed E-state index contributed by atoms with van der Waals surface area (Å²) in [6.45, 7) is 2.70. The van der Waals surface area contributed by atoms with Crippen LogP contribution in [0, 0.1) is 0 Å². The fraction of sp³-hybridized carbons (Fsp3) is 0.294. The van der Waals surface area contributed by atoms with Gasteiger partial charge in [0.25, 0.3) is 0 Å². The lowest BCUT2D eigenvalue weighted by Gasteiger charge is -2.13. The van der Waals surface area contributed by atoms with Gasteiger partial charge in [-0.1, -0.05) is 30.7 Å². The fourth-order valence-electron chi connectivity index (χ4n) is 2.08. The Morgan fingerprint density at radius 2 is 1.71 bits per heavy atom. The normalized spacial score (nSPS) is 10.5. The highest BCUT2D eigenvalue weighted by atomic mass is 35.5. The summed E-state index contributed by atoms with van der Waals surface area (Å²) >= 11 is 6.26. The molecule has 0 amide bonds. The standard InChI is InChI=1S/C17H20ClNO2/c1-3-12-4-7-16(17(11-12)20-2)21-15-6-5-13(8-9-19)10-14(15)18/h4-7,10-11H,3,8-9,19H2,1-2H3. The van der Waals surface area contributed by atoms with E-state index in [1.807, 2.05) is 36.4 Å². The van der Waals surface area contributed by atoms with Crippen molar-refractivity contribution in [3.63, 3.8) is 0 Å². The minimum absolute atomic E-state index is 0.572. The number of rotatable bonds is 6. The number of aryl methyl sites for hydroxylation is 1. The molecule has 0 spiro atoms. The van der Waals surface area contributed by atoms with E-state index in [9.17, 15) is 0 Å². The Morgan fingerprint density at radius 3 is 2.33 bits per heavy atom. The highest BCUT2D eigenvalue weighted by molar-refractivity contribution is 6.32. The summed E-state index contributed by atoms with van der Waals surface area (Å²) in [6.07, 6.45) is 1.75. The van der Waals surface area contributed by atoms with Crippen molar-refractivity contribution in [2.75, 3.05) is 13.7 Å². The topological polar surface area (TPSA) is 44.5 Å². The molecule has 0 aliphatic heterocycles. The number of ether oxygens (including phenoxy) is 2. The van der Waals surface area contributed by atoms with Crippen LogP contribution in [0.2, 0.25) is 5.02 Å². The molecule has 2 rings (SSSR count). The first-order valence-corrected chi connectivity index (χ1v) is 7.39. The first kappa shape index (κ1) is 15.7. The summed E-state index contributed by atoms with van der Waals surface area (Å²) < 4.78 is 11.3. The van der Waals surface area contributed by atoms with Crippen molar-refractivity contribution in [2.45, 2.75) is 19.8 Å². The maximum atomic E-state index is 6.26. The van der Waals surface area contributed by atoms with E-state index in [0.29, 0.717) is 28.8 Å². The summed E-state index contributed by atoms with van der Waals surface area (Å²) in [7, 11) is 1.63. The molecule has 0 aliphatic rings. The first-order chi connectivity index (χ1) is 10.2. The third kappa shape index (κ3) is 3.90. The molecule has 0 fully saturated rings. The number of hydrogen-bond acceptors (Lipinski definition) is 3. The maximum absolute atomic E-state index is 6.26. The summed E-state index contributed by atoms with van der Waals surface area (Å²) in [6, 6.07) is 11.6. The van der Waals surface area contributed by atoms with Gasteiger partial charge in [0.05, 0.1) is 12.1 Å². The molecule has 0 aliphatic carbocycles. The molecule has 0 bridgehead atoms. The van der Waals surface area contributed by atoms with Crippen molar-refractivity contribution in [2.24, 2.45) is 5.73 Å². The van der Waals surface area contributed by atoms with Crippen LogP contribution >= 0.6 is 11.6 Å². The summed E-state index contributed by atoms with van der Waals surface area (Å²) in [4.78, 5) is 0. The number of methoxy groups -OCH3 is 1. The van der Waals surface area contributed by atoms with E-state index in [1.54, 1.807) is 7.11 Å². The van der Waals surface area contributed by atoms with Crippen LogP contribution in [0.1, 0.15) is 18.1 Å². The lowest BCUT2D eigenvalue weighted by molar-refractivity contribution is 0.378. The SMILES string of the molecule is CCc1ccc(Oc2ccc(CCN)cc2Cl)c(OC)c1. The maximum Gasteiger partial charge on any atom is 0.169 e. The quantitative estimate of drug-likeness (QED) is 0.869. The van der Waals surface area contributed by atoms with Crippen molar-refractivity contribution in [3.8, 4) is 17.2 Å². The molecule has 112 valence electrons. The molecular formula is C17H20ClNO2. The summed E-state index contributed by atoms with van der Waals surface area (Å²) in [5.74, 6) is 1.97. The van der Waals surface area contributed by atoms with E-state index in [-0.39, 0.29) is 0 Å². The van der Waals surface area contributed by atoms with Crippen LogP contribution in [0.3, 0.4) is 0 Å². The van der Waals surface area contributed by atoms with Crippen molar-refractivity contribution < 1.29 is 9.47 Å². The lowest BCUT2D eigenvalue weighted by atomic mass is 10.1. The van der Waals surface area contributed by atoms with Gasteiger partial charge in [-0.25, -0.2) is 0 Å². The third-order valence-corrected chi connectivity index (χ3v) is 3.58. The molecule has 0 unspecified atom stereocenters. The van der Waals surface area contributed by atoms with E-state index in [1.165, 1.54) is 5.56 Å². The third-order valence-electron chi connectivity index (χ3n) is 3.29. The minimum Gasteiger partial charge on any atom is -0.493 e. The van der Waals surface area contributed by atoms with E-state index >= 15 is 0 Å². The van der Waals surface area contributed by atoms with Crippen molar-refractivity contribution >= 4 is 11.6 Å². The Kier molecular flexibility index (Phi) is 5.48. The van der Waals surface area contributed by atoms with Crippen molar-refractivity contribution in [3.05, 3.63) is 52.5 Å². The van der Waals surface area contributed by atoms with Gasteiger partial charge in [0, 0.05) is 0 Å². The van der Waals surface area contributed by atoms with Gasteiger partial charge in [-0.15, -0.1) is 0 Å². The summed E-state index contributed by atoms with van der Waals surface area (Å²) in [5.41, 5.74) is 7.84. The van der Waals surface area contributed by atoms with E-state index in [4.69, 9.17) is 26.8 Å². The fourth-order valence-corrected chi connectivity index (χ4v) is 2.33. The molecule has 0 atom stereocenters. The molecule has 2 aromatic carbocycles. The zero-order chi connectivity index (χ0) is 15.2. The van der Waals surface area contributed by atoms with E-state index < -0.39 is 0 Å². The Labute approximate surface area is 130 Å². The first-order valence-electron chi connectivity index (χ1n) is 7.01. The van der Waals surface area contributed by atoms with Gasteiger partial charge in [-0.2, -0.15) is 0 Å². The molecule has 0 heterocycles. The highest BCUT2D eigenvalue weighted by Gasteiger charge is 2.09. The minimum atomic E-state index is 0.572. The van der Waals surface area contributed by atoms with Crippen LogP contribution in [0.4, 0.5) is 0 Å². The van der Waals surface area contributed by atoms with Crippen LogP contribution in [0.25, 0.3) is 0 Å². The molecule has 2 aromatic rings. The second-order valence-electron chi connectivity index (χ2n) is 4.74. The monoisotopic (exact) mass is 305 g/mol. The van der Waals surface area contributed by atoms with Gasteiger partial charge in [0.2, 0.25) is 0 Å². The number of benzene rings is 2. The van der Waals surface area contributed by atoms with Crippen LogP contribution < -0.4 is 15.2 Å². The van der Waals surface area contributed by atoms with Gasteiger partial charge in [0.1, 0.15) is 5.75 Å². The molecule has 0 aromatic heterocycles. The van der Waals surface area contributed by atoms with Gasteiger partial charge < -0.3 is 15.2 Å². The average molecular weight is 306 g/mol. The molecule has 3 nitrogen and oxygen atoms in total. The van der Waals surface area contributed by atoms with Gasteiger partial charge in [-0.3, -0.25) is 0 Å². The number of nitrogens with two attached hydrogens (primary N) is 1. The van der Waals surface area contributed by atoms with Gasteiger partial charge >= 0.3 is 0 Å². The Morgan fingerprint density at radius 1 is 1.00 bits per heavy atom. The zero-order valence-electron chi connectivity index (χ0n) is 12.4. The molecular weight excluding hydrogens is 286 g/mol. The average Bonchev–Trinajstić information content (AvgIpc) is 2.50. The van der Waals surface area contributed by atoms with Gasteiger partial charge in [-0.05, 0) is 54.8 Å². The molecule has 4 heteroatoms. The van der Waals surface area contributed by atoms with Crippen LogP contribution in [-0.2, 0) is 12.8 Å². The van der Waals surface area contributed by atoms with Crippen LogP contribution in [0.5, 0.6) is 17.2 Å². The molecule has 0 radical (unpaired) electrons. The largest absolute Gasteiger partial charge is 0.493 e. The van der Waals surface area contributed by atoms with Crippen molar-refractivity contribution in [1.82, 2.24) is 0 Å². The van der Waals surface area contributed by atoms with Crippen LogP contribution in [0.15, 0.2) is 36.4 Å². The zero-order valence-corrected chi connectivity index (χ0v) is 13.1. The Hall–Kier alpha value is -1.71. The second-order valence-corrected chi connectivity index (χ2v) is 5.15. The number of hydrogen-bond donors (Lipinski definition) is 1. The molecule has 0 saturated carbocycles. The Balaban J connectivity index is 2.25. The lowest BCUT2D eigenvalue weighted by Crippen LogP contribution is -2.02. The van der Waals surface area contributed by atoms with E-state index in [0.717, 1.165) is 18.4 Å². The Bertz CT molecular complexity index is 614. The molecule has 2 N–H and O–H groups in total. The van der Waals surface area contributed by atoms with Gasteiger partial charge in [0.15, 0.2) is 11.5 Å². The van der Waals surface area contributed by atoms with Crippen LogP contribution in [-0.4, -0.2) is 13.7 Å². The highest BCUT2D eigenvalue weighted by Crippen LogP contribution is 2.36. The second kappa shape index (κ2) is 7.34. The summed E-state index contributed by atoms with van der Waals surface area (Å²) in [5, 5.41) is 0.572. The number of halogens is 1. The van der Waals surface area contributed by atoms with E-state index in [2.05, 4.69) is 6.92 Å². The molecule has 21 heavy (non-hydrogen) atoms. The predicted molar refractivity (Wildman–Crippen MR) is 86.7 cm³/mol. The smallest absolute Gasteiger partial charge is 0.169 e. The molecule has 0 saturated heterocycles.